The summed E-state index contributed by atoms with van der Waals surface area (Å²) in [5, 5.41) is 13.0. The van der Waals surface area contributed by atoms with Crippen molar-refractivity contribution in [3.05, 3.63) is 0 Å². The third kappa shape index (κ3) is 4.64. The zero-order chi connectivity index (χ0) is 21.5. The summed E-state index contributed by atoms with van der Waals surface area (Å²) >= 11 is 0. The van der Waals surface area contributed by atoms with E-state index in [9.17, 15) is 14.7 Å². The van der Waals surface area contributed by atoms with Crippen molar-refractivity contribution in [1.82, 2.24) is 5.32 Å². The molecule has 4 nitrogen and oxygen atoms in total. The molecule has 4 rings (SSSR count). The van der Waals surface area contributed by atoms with E-state index in [4.69, 9.17) is 0 Å². The number of carboxylic acid groups (broad SMARTS) is 1. The summed E-state index contributed by atoms with van der Waals surface area (Å²) < 4.78 is 0. The van der Waals surface area contributed by atoms with Crippen LogP contribution in [0.25, 0.3) is 0 Å². The van der Waals surface area contributed by atoms with E-state index in [2.05, 4.69) is 26.1 Å². The number of carbonyl (C=O) groups is 2. The summed E-state index contributed by atoms with van der Waals surface area (Å²) in [6, 6.07) is 0. The van der Waals surface area contributed by atoms with Crippen LogP contribution in [0.5, 0.6) is 0 Å². The molecule has 0 spiro atoms. The molecule has 0 radical (unpaired) electrons. The molecule has 0 aliphatic heterocycles. The Morgan fingerprint density at radius 2 is 1.71 bits per heavy atom. The molecule has 0 aromatic carbocycles. The number of amides is 1. The van der Waals surface area contributed by atoms with E-state index in [0.29, 0.717) is 23.3 Å². The molecular weight excluding hydrogens is 397 g/mol. The number of fused-ring (bicyclic) bond motifs is 5. The second-order valence-electron chi connectivity index (χ2n) is 11.8. The molecule has 4 aliphatic rings. The van der Waals surface area contributed by atoms with Gasteiger partial charge in [-0.1, -0.05) is 33.6 Å². The minimum Gasteiger partial charge on any atom is -0.540 e. The van der Waals surface area contributed by atoms with Crippen LogP contribution in [-0.4, -0.2) is 18.4 Å². The molecule has 1 amide bonds. The van der Waals surface area contributed by atoms with E-state index in [1.807, 2.05) is 0 Å². The van der Waals surface area contributed by atoms with Gasteiger partial charge in [0.2, 0.25) is 0 Å². The Morgan fingerprint density at radius 3 is 2.45 bits per heavy atom. The molecule has 4 saturated carbocycles. The van der Waals surface area contributed by atoms with E-state index < -0.39 is 11.9 Å². The predicted octanol–water partition coefficient (Wildman–Crippen LogP) is 1.32. The molecule has 31 heavy (non-hydrogen) atoms. The van der Waals surface area contributed by atoms with E-state index >= 15 is 0 Å². The Kier molecular flexibility index (Phi) is 8.29. The second-order valence-corrected chi connectivity index (χ2v) is 11.8. The minimum atomic E-state index is -1.63. The van der Waals surface area contributed by atoms with Crippen molar-refractivity contribution in [1.29, 1.82) is 0 Å². The van der Waals surface area contributed by atoms with Crippen molar-refractivity contribution < 1.29 is 44.3 Å². The van der Waals surface area contributed by atoms with Gasteiger partial charge in [0.05, 0.1) is 0 Å². The SMILES string of the molecule is C[C@H](CCCNC(=O)C(=O)[O-])[C@H]1CC[C@H]2[C@@H]3CCC4CCCC[C@]4(C)[C@H]3CC[C@]12C.[Na+]. The molecule has 1 unspecified atom stereocenters. The number of hydrogen-bond acceptors (Lipinski definition) is 3. The average molecular weight is 440 g/mol. The molecule has 4 fully saturated rings. The van der Waals surface area contributed by atoms with Crippen molar-refractivity contribution in [3.8, 4) is 0 Å². The third-order valence-corrected chi connectivity index (χ3v) is 10.7. The summed E-state index contributed by atoms with van der Waals surface area (Å²) in [6.07, 6.45) is 16.3. The van der Waals surface area contributed by atoms with Gasteiger partial charge in [-0.3, -0.25) is 4.79 Å². The zero-order valence-corrected chi connectivity index (χ0v) is 22.4. The summed E-state index contributed by atoms with van der Waals surface area (Å²) in [6.45, 7) is 8.10. The maximum absolute atomic E-state index is 11.2. The van der Waals surface area contributed by atoms with Crippen molar-refractivity contribution >= 4 is 11.9 Å². The molecule has 170 valence electrons. The van der Waals surface area contributed by atoms with Crippen LogP contribution in [0.15, 0.2) is 0 Å². The van der Waals surface area contributed by atoms with E-state index in [-0.39, 0.29) is 29.6 Å². The second kappa shape index (κ2) is 10.1. The normalized spacial score (nSPS) is 42.4. The van der Waals surface area contributed by atoms with E-state index in [1.165, 1.54) is 64.2 Å². The van der Waals surface area contributed by atoms with Gasteiger partial charge in [-0.05, 0) is 111 Å². The Balaban J connectivity index is 0.00000272. The monoisotopic (exact) mass is 439 g/mol. The molecule has 0 aromatic heterocycles. The van der Waals surface area contributed by atoms with Crippen molar-refractivity contribution in [3.63, 3.8) is 0 Å². The molecule has 0 heterocycles. The smallest absolute Gasteiger partial charge is 0.540 e. The van der Waals surface area contributed by atoms with Gasteiger partial charge in [0.15, 0.2) is 0 Å². The molecule has 1 N–H and O–H groups in total. The van der Waals surface area contributed by atoms with Crippen molar-refractivity contribution in [2.24, 2.45) is 46.3 Å². The molecule has 0 bridgehead atoms. The standard InChI is InChI=1S/C26H43NO3.Na/c1-17(7-6-16-27-23(28)24(29)30)20-11-12-21-19-10-9-18-8-4-5-14-25(18,2)22(19)13-15-26(20,21)3;/h17-22H,4-16H2,1-3H3,(H,27,28)(H,29,30);/q;+1/p-1/t17-,18?,19+,20-,21+,22+,25+,26-;/m1./s1. The number of nitrogens with one attached hydrogen (secondary N) is 1. The Morgan fingerprint density at radius 1 is 0.968 bits per heavy atom. The predicted molar refractivity (Wildman–Crippen MR) is 116 cm³/mol. The van der Waals surface area contributed by atoms with Gasteiger partial charge in [0.1, 0.15) is 5.97 Å². The molecule has 8 atom stereocenters. The topological polar surface area (TPSA) is 69.2 Å². The maximum atomic E-state index is 11.2. The Labute approximate surface area is 211 Å². The fourth-order valence-electron chi connectivity index (χ4n) is 9.17. The zero-order valence-electron chi connectivity index (χ0n) is 20.4. The van der Waals surface area contributed by atoms with Crippen molar-refractivity contribution in [2.75, 3.05) is 6.54 Å². The molecule has 0 aromatic rings. The number of hydrogen-bond donors (Lipinski definition) is 1. The van der Waals surface area contributed by atoms with Crippen LogP contribution in [0.4, 0.5) is 0 Å². The summed E-state index contributed by atoms with van der Waals surface area (Å²) in [5.74, 6) is 2.60. The average Bonchev–Trinajstić information content (AvgIpc) is 3.07. The first-order valence-electron chi connectivity index (χ1n) is 12.8. The van der Waals surface area contributed by atoms with Gasteiger partial charge in [-0.15, -0.1) is 0 Å². The number of rotatable bonds is 5. The first-order chi connectivity index (χ1) is 14.3. The van der Waals surface area contributed by atoms with Crippen molar-refractivity contribution in [2.45, 2.75) is 97.8 Å². The summed E-state index contributed by atoms with van der Waals surface area (Å²) in [4.78, 5) is 21.7. The van der Waals surface area contributed by atoms with Crippen LogP contribution in [-0.2, 0) is 9.59 Å². The van der Waals surface area contributed by atoms with Gasteiger partial charge in [-0.25, -0.2) is 0 Å². The van der Waals surface area contributed by atoms with Crippen LogP contribution >= 0.6 is 0 Å². The van der Waals surface area contributed by atoms with Gasteiger partial charge in [0, 0.05) is 6.54 Å². The van der Waals surface area contributed by atoms with Crippen LogP contribution < -0.4 is 40.0 Å². The van der Waals surface area contributed by atoms with E-state index in [0.717, 1.165) is 42.4 Å². The third-order valence-electron chi connectivity index (χ3n) is 10.7. The molecule has 0 saturated heterocycles. The quantitative estimate of drug-likeness (QED) is 0.399. The van der Waals surface area contributed by atoms with Gasteiger partial charge < -0.3 is 15.2 Å². The maximum Gasteiger partial charge on any atom is 1.00 e. The fourth-order valence-corrected chi connectivity index (χ4v) is 9.17. The number of aliphatic carboxylic acids is 1. The van der Waals surface area contributed by atoms with Gasteiger partial charge in [-0.2, -0.15) is 0 Å². The fraction of sp³-hybridized carbons (Fsp3) is 0.923. The molecule has 5 heteroatoms. The summed E-state index contributed by atoms with van der Waals surface area (Å²) in [5.41, 5.74) is 1.09. The number of carbonyl (C=O) groups excluding carboxylic acids is 2. The minimum absolute atomic E-state index is 0. The van der Waals surface area contributed by atoms with Crippen LogP contribution in [0, 0.1) is 46.3 Å². The van der Waals surface area contributed by atoms with E-state index in [1.54, 1.807) is 0 Å². The van der Waals surface area contributed by atoms with Crippen LogP contribution in [0.2, 0.25) is 0 Å². The Bertz CT molecular complexity index is 669. The molecular formula is C26H42NNaO3. The number of carboxylic acids is 1. The first-order valence-corrected chi connectivity index (χ1v) is 12.8. The van der Waals surface area contributed by atoms with Gasteiger partial charge in [0.25, 0.3) is 5.91 Å². The van der Waals surface area contributed by atoms with Gasteiger partial charge >= 0.3 is 29.6 Å². The summed E-state index contributed by atoms with van der Waals surface area (Å²) in [7, 11) is 0. The largest absolute Gasteiger partial charge is 1.00 e. The van der Waals surface area contributed by atoms with Crippen LogP contribution in [0.1, 0.15) is 97.8 Å². The molecule has 4 aliphatic carbocycles. The first kappa shape index (κ1) is 25.6. The van der Waals surface area contributed by atoms with Crippen LogP contribution in [0.3, 0.4) is 0 Å². The Hall–Kier alpha value is -0.0600.